The molecule has 1 atom stereocenters. The summed E-state index contributed by atoms with van der Waals surface area (Å²) < 4.78 is 33.7. The molecule has 2 rings (SSSR count). The minimum atomic E-state index is -3.38. The summed E-state index contributed by atoms with van der Waals surface area (Å²) in [5.41, 5.74) is 0.298. The van der Waals surface area contributed by atoms with Gasteiger partial charge in [-0.1, -0.05) is 31.2 Å². The zero-order valence-electron chi connectivity index (χ0n) is 15.0. The number of carbonyl (C=O) groups is 2. The van der Waals surface area contributed by atoms with Gasteiger partial charge >= 0.3 is 5.97 Å². The van der Waals surface area contributed by atoms with Gasteiger partial charge in [0.05, 0.1) is 4.90 Å². The molecule has 2 aromatic carbocycles. The first-order chi connectivity index (χ1) is 12.8. The Morgan fingerprint density at radius 2 is 1.78 bits per heavy atom. The third-order valence-electron chi connectivity index (χ3n) is 3.55. The monoisotopic (exact) mass is 391 g/mol. The smallest absolute Gasteiger partial charge is 0.347 e. The molecule has 7 nitrogen and oxygen atoms in total. The standard InChI is InChI=1S/C19H21NO6S/c1-3-17(26-15-9-5-4-6-10-15)19(22)25-13-18(21)20-14-8-7-11-16(12-14)27(2,23)24/h4-12,17H,3,13H2,1-2H3,(H,20,21)/t17-/m1/s1. The molecule has 1 amide bonds. The molecule has 0 aliphatic rings. The lowest BCUT2D eigenvalue weighted by Gasteiger charge is -2.16. The first kappa shape index (κ1) is 20.4. The highest BCUT2D eigenvalue weighted by Crippen LogP contribution is 2.16. The van der Waals surface area contributed by atoms with Gasteiger partial charge in [0.25, 0.3) is 5.91 Å². The van der Waals surface area contributed by atoms with Crippen LogP contribution in [0.3, 0.4) is 0 Å². The normalized spacial score (nSPS) is 12.1. The van der Waals surface area contributed by atoms with Gasteiger partial charge in [0, 0.05) is 11.9 Å². The van der Waals surface area contributed by atoms with Crippen LogP contribution in [-0.4, -0.2) is 39.3 Å². The number of hydrogen-bond acceptors (Lipinski definition) is 6. The van der Waals surface area contributed by atoms with Gasteiger partial charge in [-0.2, -0.15) is 0 Å². The Hall–Kier alpha value is -2.87. The molecule has 0 aliphatic carbocycles. The van der Waals surface area contributed by atoms with Crippen LogP contribution < -0.4 is 10.1 Å². The fourth-order valence-electron chi connectivity index (χ4n) is 2.19. The van der Waals surface area contributed by atoms with Gasteiger partial charge in [-0.3, -0.25) is 4.79 Å². The minimum Gasteiger partial charge on any atom is -0.479 e. The molecule has 0 radical (unpaired) electrons. The summed E-state index contributed by atoms with van der Waals surface area (Å²) in [6.07, 6.45) is 0.632. The van der Waals surface area contributed by atoms with Gasteiger partial charge in [0.2, 0.25) is 0 Å². The average molecular weight is 391 g/mol. The highest BCUT2D eigenvalue weighted by molar-refractivity contribution is 7.90. The van der Waals surface area contributed by atoms with E-state index in [2.05, 4.69) is 5.32 Å². The topological polar surface area (TPSA) is 98.8 Å². The van der Waals surface area contributed by atoms with Crippen molar-refractivity contribution in [1.82, 2.24) is 0 Å². The molecule has 0 saturated carbocycles. The highest BCUT2D eigenvalue weighted by Gasteiger charge is 2.21. The van der Waals surface area contributed by atoms with Gasteiger partial charge < -0.3 is 14.8 Å². The molecule has 0 fully saturated rings. The minimum absolute atomic E-state index is 0.0830. The first-order valence-electron chi connectivity index (χ1n) is 8.28. The summed E-state index contributed by atoms with van der Waals surface area (Å²) in [4.78, 5) is 24.2. The van der Waals surface area contributed by atoms with E-state index in [1.807, 2.05) is 6.07 Å². The van der Waals surface area contributed by atoms with Crippen molar-refractivity contribution in [2.75, 3.05) is 18.2 Å². The Morgan fingerprint density at radius 1 is 1.07 bits per heavy atom. The molecule has 27 heavy (non-hydrogen) atoms. The number of sulfone groups is 1. The molecule has 0 saturated heterocycles. The van der Waals surface area contributed by atoms with Crippen LogP contribution in [0.4, 0.5) is 5.69 Å². The summed E-state index contributed by atoms with van der Waals surface area (Å²) in [5.74, 6) is -0.701. The summed E-state index contributed by atoms with van der Waals surface area (Å²) >= 11 is 0. The second-order valence-corrected chi connectivity index (χ2v) is 7.80. The van der Waals surface area contributed by atoms with E-state index in [1.54, 1.807) is 37.3 Å². The third kappa shape index (κ3) is 6.41. The zero-order valence-corrected chi connectivity index (χ0v) is 15.9. The van der Waals surface area contributed by atoms with Crippen LogP contribution in [0.5, 0.6) is 5.75 Å². The Balaban J connectivity index is 1.89. The fourth-order valence-corrected chi connectivity index (χ4v) is 2.86. The van der Waals surface area contributed by atoms with Crippen molar-refractivity contribution >= 4 is 27.4 Å². The van der Waals surface area contributed by atoms with Crippen molar-refractivity contribution in [2.24, 2.45) is 0 Å². The van der Waals surface area contributed by atoms with E-state index in [9.17, 15) is 18.0 Å². The summed E-state index contributed by atoms with van der Waals surface area (Å²) in [5, 5.41) is 2.49. The molecular formula is C19H21NO6S. The Morgan fingerprint density at radius 3 is 2.41 bits per heavy atom. The van der Waals surface area contributed by atoms with Crippen LogP contribution in [0.25, 0.3) is 0 Å². The van der Waals surface area contributed by atoms with Gasteiger partial charge in [-0.05, 0) is 36.8 Å². The van der Waals surface area contributed by atoms with Gasteiger partial charge in [0.1, 0.15) is 5.75 Å². The average Bonchev–Trinajstić information content (AvgIpc) is 2.64. The Kier molecular flexibility index (Phi) is 6.95. The van der Waals surface area contributed by atoms with E-state index in [-0.39, 0.29) is 4.90 Å². The van der Waals surface area contributed by atoms with Crippen molar-refractivity contribution < 1.29 is 27.5 Å². The number of anilines is 1. The second kappa shape index (κ2) is 9.18. The number of nitrogens with one attached hydrogen (secondary N) is 1. The number of amides is 1. The van der Waals surface area contributed by atoms with Gasteiger partial charge in [-0.15, -0.1) is 0 Å². The van der Waals surface area contributed by atoms with Crippen LogP contribution in [0.15, 0.2) is 59.5 Å². The van der Waals surface area contributed by atoms with Crippen molar-refractivity contribution in [3.05, 3.63) is 54.6 Å². The van der Waals surface area contributed by atoms with E-state index in [1.165, 1.54) is 18.2 Å². The number of esters is 1. The maximum Gasteiger partial charge on any atom is 0.347 e. The Labute approximate surface area is 158 Å². The predicted octanol–water partition coefficient (Wildman–Crippen LogP) is 2.43. The molecule has 1 N–H and O–H groups in total. The lowest BCUT2D eigenvalue weighted by Crippen LogP contribution is -2.31. The van der Waals surface area contributed by atoms with Crippen molar-refractivity contribution in [1.29, 1.82) is 0 Å². The highest BCUT2D eigenvalue weighted by atomic mass is 32.2. The van der Waals surface area contributed by atoms with Gasteiger partial charge in [-0.25, -0.2) is 13.2 Å². The molecule has 0 spiro atoms. The first-order valence-corrected chi connectivity index (χ1v) is 10.2. The number of rotatable bonds is 8. The molecule has 0 heterocycles. The molecule has 2 aromatic rings. The lowest BCUT2D eigenvalue weighted by atomic mass is 10.2. The van der Waals surface area contributed by atoms with E-state index >= 15 is 0 Å². The maximum absolute atomic E-state index is 12.1. The number of carbonyl (C=O) groups excluding carboxylic acids is 2. The van der Waals surface area contributed by atoms with Crippen LogP contribution in [0.2, 0.25) is 0 Å². The largest absolute Gasteiger partial charge is 0.479 e. The van der Waals surface area contributed by atoms with Crippen LogP contribution in [-0.2, 0) is 24.2 Å². The van der Waals surface area contributed by atoms with E-state index in [0.717, 1.165) is 6.26 Å². The summed E-state index contributed by atoms with van der Waals surface area (Å²) in [6, 6.07) is 14.7. The number of ether oxygens (including phenoxy) is 2. The molecule has 0 unspecified atom stereocenters. The second-order valence-electron chi connectivity index (χ2n) is 5.78. The number of hydrogen-bond donors (Lipinski definition) is 1. The van der Waals surface area contributed by atoms with E-state index < -0.39 is 34.4 Å². The summed E-state index contributed by atoms with van der Waals surface area (Å²) in [7, 11) is -3.38. The number of para-hydroxylation sites is 1. The molecule has 0 bridgehead atoms. The molecular weight excluding hydrogens is 370 g/mol. The fraction of sp³-hybridized carbons (Fsp3) is 0.263. The van der Waals surface area contributed by atoms with Crippen molar-refractivity contribution in [3.63, 3.8) is 0 Å². The van der Waals surface area contributed by atoms with Crippen LogP contribution >= 0.6 is 0 Å². The van der Waals surface area contributed by atoms with Crippen molar-refractivity contribution in [2.45, 2.75) is 24.3 Å². The Bertz CT molecular complexity index is 895. The summed E-state index contributed by atoms with van der Waals surface area (Å²) in [6.45, 7) is 1.27. The van der Waals surface area contributed by atoms with E-state index in [0.29, 0.717) is 17.9 Å². The lowest BCUT2D eigenvalue weighted by molar-refractivity contribution is -0.154. The quantitative estimate of drug-likeness (QED) is 0.694. The molecule has 0 aromatic heterocycles. The molecule has 0 aliphatic heterocycles. The molecule has 8 heteroatoms. The third-order valence-corrected chi connectivity index (χ3v) is 4.66. The SMILES string of the molecule is CC[C@@H](Oc1ccccc1)C(=O)OCC(=O)Nc1cccc(S(C)(=O)=O)c1. The zero-order chi connectivity index (χ0) is 19.9. The molecule has 144 valence electrons. The van der Waals surface area contributed by atoms with Gasteiger partial charge in [0.15, 0.2) is 22.5 Å². The van der Waals surface area contributed by atoms with Crippen molar-refractivity contribution in [3.8, 4) is 5.75 Å². The number of benzene rings is 2. The maximum atomic E-state index is 12.1. The van der Waals surface area contributed by atoms with Crippen LogP contribution in [0, 0.1) is 0 Å². The van der Waals surface area contributed by atoms with Crippen LogP contribution in [0.1, 0.15) is 13.3 Å². The predicted molar refractivity (Wildman–Crippen MR) is 100 cm³/mol. The van der Waals surface area contributed by atoms with E-state index in [4.69, 9.17) is 9.47 Å².